The van der Waals surface area contributed by atoms with Crippen LogP contribution in [0.3, 0.4) is 0 Å². The molecule has 0 aliphatic carbocycles. The number of nitriles is 1. The van der Waals surface area contributed by atoms with E-state index in [1.807, 2.05) is 6.07 Å². The molecule has 1 saturated heterocycles. The Bertz CT molecular complexity index is 1020. The van der Waals surface area contributed by atoms with Gasteiger partial charge in [0.15, 0.2) is 0 Å². The van der Waals surface area contributed by atoms with E-state index in [2.05, 4.69) is 10.2 Å². The minimum atomic E-state index is -0.326. The van der Waals surface area contributed by atoms with Gasteiger partial charge in [-0.25, -0.2) is 4.39 Å². The molecule has 140 valence electrons. The minimum Gasteiger partial charge on any atom is -0.420 e. The third kappa shape index (κ3) is 3.62. The summed E-state index contributed by atoms with van der Waals surface area (Å²) in [6.45, 7) is 1.15. The van der Waals surface area contributed by atoms with Gasteiger partial charge in [-0.05, 0) is 61.4 Å². The highest BCUT2D eigenvalue weighted by atomic mass is 19.1. The average Bonchev–Trinajstić information content (AvgIpc) is 3.24. The van der Waals surface area contributed by atoms with Crippen LogP contribution in [0.2, 0.25) is 0 Å². The molecule has 1 unspecified atom stereocenters. The van der Waals surface area contributed by atoms with Gasteiger partial charge in [0, 0.05) is 24.2 Å². The van der Waals surface area contributed by atoms with E-state index in [0.29, 0.717) is 41.6 Å². The minimum absolute atomic E-state index is 0.0437. The fourth-order valence-electron chi connectivity index (χ4n) is 3.34. The molecular formula is C21H17FN4O2. The van der Waals surface area contributed by atoms with Crippen LogP contribution in [0.4, 0.5) is 4.39 Å². The topological polar surface area (TPSA) is 83.0 Å². The summed E-state index contributed by atoms with van der Waals surface area (Å²) in [6.07, 6.45) is 1.68. The number of hydrogen-bond acceptors (Lipinski definition) is 5. The van der Waals surface area contributed by atoms with Crippen LogP contribution in [-0.2, 0) is 0 Å². The lowest BCUT2D eigenvalue weighted by atomic mass is 9.97. The van der Waals surface area contributed by atoms with Gasteiger partial charge < -0.3 is 9.32 Å². The Morgan fingerprint density at radius 3 is 2.61 bits per heavy atom. The monoisotopic (exact) mass is 376 g/mol. The molecule has 0 N–H and O–H groups in total. The summed E-state index contributed by atoms with van der Waals surface area (Å²) >= 11 is 0. The van der Waals surface area contributed by atoms with E-state index in [-0.39, 0.29) is 17.6 Å². The van der Waals surface area contributed by atoms with Crippen molar-refractivity contribution in [3.63, 3.8) is 0 Å². The summed E-state index contributed by atoms with van der Waals surface area (Å²) in [5, 5.41) is 17.1. The number of piperidine rings is 1. The van der Waals surface area contributed by atoms with Crippen LogP contribution in [0.25, 0.3) is 11.5 Å². The molecule has 4 rings (SSSR count). The van der Waals surface area contributed by atoms with Crippen LogP contribution in [-0.4, -0.2) is 34.1 Å². The number of amides is 1. The van der Waals surface area contributed by atoms with Crippen molar-refractivity contribution < 1.29 is 13.6 Å². The molecule has 0 saturated carbocycles. The number of likely N-dealkylation sites (tertiary alicyclic amines) is 1. The molecule has 0 spiro atoms. The van der Waals surface area contributed by atoms with Crippen LogP contribution in [0.15, 0.2) is 52.9 Å². The highest BCUT2D eigenvalue weighted by Gasteiger charge is 2.29. The lowest BCUT2D eigenvalue weighted by Crippen LogP contribution is -2.39. The number of benzene rings is 2. The van der Waals surface area contributed by atoms with Gasteiger partial charge in [-0.15, -0.1) is 10.2 Å². The van der Waals surface area contributed by atoms with Crippen molar-refractivity contribution in [1.29, 1.82) is 5.26 Å². The van der Waals surface area contributed by atoms with Gasteiger partial charge in [0.2, 0.25) is 11.8 Å². The van der Waals surface area contributed by atoms with Crippen molar-refractivity contribution in [2.45, 2.75) is 18.8 Å². The molecule has 2 heterocycles. The van der Waals surface area contributed by atoms with Crippen molar-refractivity contribution >= 4 is 5.91 Å². The van der Waals surface area contributed by atoms with Crippen molar-refractivity contribution in [1.82, 2.24) is 15.1 Å². The van der Waals surface area contributed by atoms with Gasteiger partial charge in [0.1, 0.15) is 5.82 Å². The van der Waals surface area contributed by atoms with E-state index in [4.69, 9.17) is 9.68 Å². The van der Waals surface area contributed by atoms with Gasteiger partial charge >= 0.3 is 0 Å². The number of carbonyl (C=O) groups excluding carboxylic acids is 1. The van der Waals surface area contributed by atoms with Crippen molar-refractivity contribution in [3.8, 4) is 17.5 Å². The van der Waals surface area contributed by atoms with Crippen LogP contribution < -0.4 is 0 Å². The number of aromatic nitrogens is 2. The largest absolute Gasteiger partial charge is 0.420 e. The van der Waals surface area contributed by atoms with E-state index >= 15 is 0 Å². The standard InChI is InChI=1S/C21H17FN4O2/c22-18-9-7-15(8-10-18)19-24-25-20(28-19)17-2-1-11-26(13-17)21(27)16-5-3-14(12-23)4-6-16/h3-10,17H,1-2,11,13H2. The van der Waals surface area contributed by atoms with Gasteiger partial charge in [-0.1, -0.05) is 0 Å². The molecule has 28 heavy (non-hydrogen) atoms. The number of hydrogen-bond donors (Lipinski definition) is 0. The van der Waals surface area contributed by atoms with Crippen LogP contribution >= 0.6 is 0 Å². The summed E-state index contributed by atoms with van der Waals surface area (Å²) in [7, 11) is 0. The highest BCUT2D eigenvalue weighted by Crippen LogP contribution is 2.29. The zero-order valence-corrected chi connectivity index (χ0v) is 15.0. The smallest absolute Gasteiger partial charge is 0.253 e. The number of carbonyl (C=O) groups is 1. The Labute approximate surface area is 161 Å². The summed E-state index contributed by atoms with van der Waals surface area (Å²) in [4.78, 5) is 14.6. The summed E-state index contributed by atoms with van der Waals surface area (Å²) < 4.78 is 18.9. The fraction of sp³-hybridized carbons (Fsp3) is 0.238. The SMILES string of the molecule is N#Cc1ccc(C(=O)N2CCCC(c3nnc(-c4ccc(F)cc4)o3)C2)cc1. The van der Waals surface area contributed by atoms with E-state index in [9.17, 15) is 9.18 Å². The molecule has 7 heteroatoms. The summed E-state index contributed by atoms with van der Waals surface area (Å²) in [5.41, 5.74) is 1.73. The summed E-state index contributed by atoms with van der Waals surface area (Å²) in [5.74, 6) is 0.375. The zero-order valence-electron chi connectivity index (χ0n) is 15.0. The first-order valence-electron chi connectivity index (χ1n) is 9.03. The molecule has 1 aliphatic heterocycles. The van der Waals surface area contributed by atoms with Crippen LogP contribution in [0.5, 0.6) is 0 Å². The first-order valence-corrected chi connectivity index (χ1v) is 9.03. The quantitative estimate of drug-likeness (QED) is 0.695. The maximum absolute atomic E-state index is 13.1. The van der Waals surface area contributed by atoms with Crippen molar-refractivity contribution in [2.75, 3.05) is 13.1 Å². The molecule has 0 radical (unpaired) electrons. The number of rotatable bonds is 3. The molecule has 6 nitrogen and oxygen atoms in total. The number of halogens is 1. The Morgan fingerprint density at radius 2 is 1.89 bits per heavy atom. The third-order valence-corrected chi connectivity index (χ3v) is 4.85. The van der Waals surface area contributed by atoms with Crippen molar-refractivity contribution in [2.24, 2.45) is 0 Å². The first-order chi connectivity index (χ1) is 13.6. The maximum atomic E-state index is 13.1. The Morgan fingerprint density at radius 1 is 1.14 bits per heavy atom. The van der Waals surface area contributed by atoms with E-state index < -0.39 is 0 Å². The van der Waals surface area contributed by atoms with E-state index in [1.165, 1.54) is 12.1 Å². The van der Waals surface area contributed by atoms with Crippen LogP contribution in [0, 0.1) is 17.1 Å². The fourth-order valence-corrected chi connectivity index (χ4v) is 3.34. The van der Waals surface area contributed by atoms with E-state index in [0.717, 1.165) is 12.8 Å². The predicted molar refractivity (Wildman–Crippen MR) is 98.7 cm³/mol. The van der Waals surface area contributed by atoms with Gasteiger partial charge in [0.25, 0.3) is 5.91 Å². The Kier molecular flexibility index (Phi) is 4.85. The molecule has 1 atom stereocenters. The average molecular weight is 376 g/mol. The second-order valence-electron chi connectivity index (χ2n) is 6.73. The second kappa shape index (κ2) is 7.61. The second-order valence-corrected chi connectivity index (χ2v) is 6.73. The van der Waals surface area contributed by atoms with Gasteiger partial charge in [0.05, 0.1) is 17.6 Å². The third-order valence-electron chi connectivity index (χ3n) is 4.85. The lowest BCUT2D eigenvalue weighted by Gasteiger charge is -2.31. The van der Waals surface area contributed by atoms with E-state index in [1.54, 1.807) is 41.3 Å². The van der Waals surface area contributed by atoms with Gasteiger partial charge in [-0.2, -0.15) is 5.26 Å². The molecule has 1 amide bonds. The maximum Gasteiger partial charge on any atom is 0.253 e. The lowest BCUT2D eigenvalue weighted by molar-refractivity contribution is 0.0698. The molecule has 2 aromatic carbocycles. The molecule has 0 bridgehead atoms. The molecule has 1 aliphatic rings. The molecule has 1 fully saturated rings. The Balaban J connectivity index is 1.48. The predicted octanol–water partition coefficient (Wildman–Crippen LogP) is 3.77. The summed E-state index contributed by atoms with van der Waals surface area (Å²) in [6, 6.07) is 14.5. The Hall–Kier alpha value is -3.53. The van der Waals surface area contributed by atoms with Gasteiger partial charge in [-0.3, -0.25) is 4.79 Å². The molecular weight excluding hydrogens is 359 g/mol. The molecule has 1 aromatic heterocycles. The first kappa shape index (κ1) is 17.9. The zero-order chi connectivity index (χ0) is 19.5. The van der Waals surface area contributed by atoms with Crippen LogP contribution in [0.1, 0.15) is 40.6 Å². The molecule has 3 aromatic rings. The normalized spacial score (nSPS) is 16.6. The number of nitrogens with zero attached hydrogens (tertiary/aromatic N) is 4. The van der Waals surface area contributed by atoms with Crippen molar-refractivity contribution in [3.05, 3.63) is 71.4 Å². The highest BCUT2D eigenvalue weighted by molar-refractivity contribution is 5.94.